The number of pyridine rings is 1. The molecule has 1 aliphatic carbocycles. The molecule has 1 aromatic carbocycles. The monoisotopic (exact) mass is 370 g/mol. The Labute approximate surface area is 159 Å². The predicted octanol–water partition coefficient (Wildman–Crippen LogP) is 5.02. The van der Waals surface area contributed by atoms with E-state index in [2.05, 4.69) is 16.4 Å². The van der Waals surface area contributed by atoms with Crippen LogP contribution in [0.3, 0.4) is 0 Å². The van der Waals surface area contributed by atoms with Crippen LogP contribution in [0.5, 0.6) is 11.6 Å². The fourth-order valence-corrected chi connectivity index (χ4v) is 2.94. The van der Waals surface area contributed by atoms with Crippen molar-refractivity contribution in [1.82, 2.24) is 10.3 Å². The predicted molar refractivity (Wildman–Crippen MR) is 105 cm³/mol. The number of nitrogens with zero attached hydrogens (tertiary/aromatic N) is 1. The van der Waals surface area contributed by atoms with Crippen molar-refractivity contribution >= 4 is 23.6 Å². The summed E-state index contributed by atoms with van der Waals surface area (Å²) < 4.78 is 5.79. The number of nitrogens with one attached hydrogen (secondary N) is 1. The normalized spacial score (nSPS) is 15.0. The van der Waals surface area contributed by atoms with Crippen molar-refractivity contribution in [1.29, 1.82) is 0 Å². The molecule has 2 aromatic rings. The van der Waals surface area contributed by atoms with Gasteiger partial charge in [0.05, 0.1) is 5.02 Å². The molecular formula is C21H23ClN2O2. The van der Waals surface area contributed by atoms with Crippen LogP contribution in [-0.2, 0) is 11.2 Å². The highest BCUT2D eigenvalue weighted by molar-refractivity contribution is 6.32. The van der Waals surface area contributed by atoms with Crippen LogP contribution < -0.4 is 10.1 Å². The third-order valence-corrected chi connectivity index (χ3v) is 4.49. The molecule has 4 nitrogen and oxygen atoms in total. The van der Waals surface area contributed by atoms with E-state index in [9.17, 15) is 4.79 Å². The summed E-state index contributed by atoms with van der Waals surface area (Å²) in [5, 5.41) is 3.41. The van der Waals surface area contributed by atoms with Crippen molar-refractivity contribution < 1.29 is 9.53 Å². The van der Waals surface area contributed by atoms with E-state index >= 15 is 0 Å². The lowest BCUT2D eigenvalue weighted by Crippen LogP contribution is -2.28. The summed E-state index contributed by atoms with van der Waals surface area (Å²) in [6.45, 7) is 3.42. The highest BCUT2D eigenvalue weighted by atomic mass is 35.5. The molecule has 1 aliphatic rings. The minimum atomic E-state index is -0.0518. The van der Waals surface area contributed by atoms with Gasteiger partial charge in [-0.15, -0.1) is 0 Å². The van der Waals surface area contributed by atoms with Gasteiger partial charge in [-0.1, -0.05) is 29.8 Å². The minimum absolute atomic E-state index is 0.0311. The first-order valence-electron chi connectivity index (χ1n) is 8.87. The molecule has 1 amide bonds. The van der Waals surface area contributed by atoms with E-state index in [1.54, 1.807) is 12.3 Å². The number of rotatable bonds is 7. The summed E-state index contributed by atoms with van der Waals surface area (Å²) >= 11 is 6.34. The maximum Gasteiger partial charge on any atom is 0.219 e. The molecule has 3 rings (SSSR count). The smallest absolute Gasteiger partial charge is 0.219 e. The van der Waals surface area contributed by atoms with E-state index < -0.39 is 0 Å². The van der Waals surface area contributed by atoms with E-state index in [1.165, 1.54) is 25.3 Å². The van der Waals surface area contributed by atoms with Gasteiger partial charge in [0.2, 0.25) is 11.8 Å². The molecule has 0 bridgehead atoms. The lowest BCUT2D eigenvalue weighted by atomic mass is 10.1. The second-order valence-electron chi connectivity index (χ2n) is 6.79. The number of carbonyl (C=O) groups excluding carboxylic acids is 1. The fourth-order valence-electron chi connectivity index (χ4n) is 2.70. The summed E-state index contributed by atoms with van der Waals surface area (Å²) in [5.41, 5.74) is 2.19. The van der Waals surface area contributed by atoms with Gasteiger partial charge in [-0.25, -0.2) is 4.98 Å². The number of amides is 1. The number of hydrogen-bond acceptors (Lipinski definition) is 3. The van der Waals surface area contributed by atoms with E-state index in [-0.39, 0.29) is 11.9 Å². The van der Waals surface area contributed by atoms with Crippen molar-refractivity contribution in [3.05, 3.63) is 58.8 Å². The Morgan fingerprint density at radius 3 is 2.81 bits per heavy atom. The Morgan fingerprint density at radius 1 is 1.38 bits per heavy atom. The molecule has 0 radical (unpaired) electrons. The van der Waals surface area contributed by atoms with E-state index in [1.807, 2.05) is 37.3 Å². The van der Waals surface area contributed by atoms with Crippen molar-refractivity contribution in [2.75, 3.05) is 0 Å². The fraction of sp³-hybridized carbons (Fsp3) is 0.333. The Morgan fingerprint density at radius 2 is 2.19 bits per heavy atom. The van der Waals surface area contributed by atoms with Crippen LogP contribution in [0.1, 0.15) is 37.8 Å². The van der Waals surface area contributed by atoms with Gasteiger partial charge in [-0.2, -0.15) is 0 Å². The second kappa shape index (κ2) is 8.37. The van der Waals surface area contributed by atoms with Crippen LogP contribution in [-0.4, -0.2) is 16.9 Å². The summed E-state index contributed by atoms with van der Waals surface area (Å²) in [5.74, 6) is 1.88. The average molecular weight is 371 g/mol. The van der Waals surface area contributed by atoms with Crippen LogP contribution >= 0.6 is 11.6 Å². The van der Waals surface area contributed by atoms with Crippen LogP contribution in [0.2, 0.25) is 5.02 Å². The first-order valence-corrected chi connectivity index (χ1v) is 9.25. The summed E-state index contributed by atoms with van der Waals surface area (Å²) in [6.07, 6.45) is 9.29. The largest absolute Gasteiger partial charge is 0.437 e. The van der Waals surface area contributed by atoms with Gasteiger partial charge in [0.25, 0.3) is 0 Å². The molecule has 0 aliphatic heterocycles. The minimum Gasteiger partial charge on any atom is -0.437 e. The molecule has 1 aromatic heterocycles. The summed E-state index contributed by atoms with van der Waals surface area (Å²) in [6, 6.07) is 9.64. The highest BCUT2D eigenvalue weighted by Gasteiger charge is 2.21. The molecule has 0 unspecified atom stereocenters. The number of carbonyl (C=O) groups is 1. The van der Waals surface area contributed by atoms with Gasteiger partial charge in [-0.05, 0) is 61.4 Å². The van der Waals surface area contributed by atoms with Crippen LogP contribution in [0, 0.1) is 5.92 Å². The van der Waals surface area contributed by atoms with E-state index in [0.717, 1.165) is 17.9 Å². The van der Waals surface area contributed by atoms with Crippen molar-refractivity contribution in [2.24, 2.45) is 5.92 Å². The van der Waals surface area contributed by atoms with Crippen LogP contribution in [0.25, 0.3) is 6.08 Å². The zero-order valence-electron chi connectivity index (χ0n) is 15.0. The second-order valence-corrected chi connectivity index (χ2v) is 7.20. The lowest BCUT2D eigenvalue weighted by molar-refractivity contribution is -0.119. The molecule has 0 spiro atoms. The Hall–Kier alpha value is -2.33. The van der Waals surface area contributed by atoms with Gasteiger partial charge in [0.1, 0.15) is 5.75 Å². The van der Waals surface area contributed by atoms with Gasteiger partial charge < -0.3 is 10.1 Å². The first kappa shape index (κ1) is 18.5. The van der Waals surface area contributed by atoms with Gasteiger partial charge in [0.15, 0.2) is 0 Å². The molecule has 1 atom stereocenters. The third kappa shape index (κ3) is 5.60. The lowest BCUT2D eigenvalue weighted by Gasteiger charge is -2.09. The zero-order chi connectivity index (χ0) is 18.5. The Balaban J connectivity index is 1.60. The van der Waals surface area contributed by atoms with Crippen molar-refractivity contribution in [3.8, 4) is 11.6 Å². The van der Waals surface area contributed by atoms with Crippen molar-refractivity contribution in [2.45, 2.75) is 39.2 Å². The maximum atomic E-state index is 11.0. The number of hydrogen-bond donors (Lipinski definition) is 1. The molecule has 1 heterocycles. The topological polar surface area (TPSA) is 51.2 Å². The number of aromatic nitrogens is 1. The van der Waals surface area contributed by atoms with E-state index in [4.69, 9.17) is 16.3 Å². The number of benzene rings is 1. The third-order valence-electron chi connectivity index (χ3n) is 4.20. The summed E-state index contributed by atoms with van der Waals surface area (Å²) in [7, 11) is 0. The molecule has 0 saturated heterocycles. The summed E-state index contributed by atoms with van der Waals surface area (Å²) in [4.78, 5) is 15.3. The van der Waals surface area contributed by atoms with Gasteiger partial charge in [-0.3, -0.25) is 4.79 Å². The number of ether oxygens (including phenoxy) is 1. The molecule has 1 fully saturated rings. The molecule has 26 heavy (non-hydrogen) atoms. The van der Waals surface area contributed by atoms with Gasteiger partial charge >= 0.3 is 0 Å². The quantitative estimate of drug-likeness (QED) is 0.744. The first-order chi connectivity index (χ1) is 12.5. The van der Waals surface area contributed by atoms with E-state index in [0.29, 0.717) is 16.7 Å². The Kier molecular flexibility index (Phi) is 5.94. The van der Waals surface area contributed by atoms with Crippen LogP contribution in [0.4, 0.5) is 0 Å². The molecule has 1 N–H and O–H groups in total. The van der Waals surface area contributed by atoms with Gasteiger partial charge in [0, 0.05) is 25.2 Å². The molecule has 1 saturated carbocycles. The SMILES string of the molecule is CC(=O)N[C@@H](C)/C=C/c1ccc(Oc2ccc(CC3CC3)cc2Cl)nc1. The zero-order valence-corrected chi connectivity index (χ0v) is 15.8. The standard InChI is InChI=1S/C21H23ClN2O2/c1-14(24-15(2)25)3-4-17-8-10-21(23-13-17)26-20-9-7-18(12-19(20)22)11-16-5-6-16/h3-4,7-10,12-14,16H,5-6,11H2,1-2H3,(H,24,25)/b4-3+/t14-/m0/s1. The van der Waals surface area contributed by atoms with Crippen LogP contribution in [0.15, 0.2) is 42.6 Å². The molecule has 5 heteroatoms. The highest BCUT2D eigenvalue weighted by Crippen LogP contribution is 2.35. The van der Waals surface area contributed by atoms with Crippen molar-refractivity contribution in [3.63, 3.8) is 0 Å². The Bertz CT molecular complexity index is 798. The average Bonchev–Trinajstić information content (AvgIpc) is 3.40. The molecule has 136 valence electrons. The molecular weight excluding hydrogens is 348 g/mol. The maximum absolute atomic E-state index is 11.0. The number of halogens is 1.